The summed E-state index contributed by atoms with van der Waals surface area (Å²) in [7, 11) is 1.27. The molecule has 3 aromatic rings. The second-order valence-electron chi connectivity index (χ2n) is 8.58. The lowest BCUT2D eigenvalue weighted by Gasteiger charge is -2.29. The maximum Gasteiger partial charge on any atom is 0.416 e. The molecule has 1 aliphatic heterocycles. The summed E-state index contributed by atoms with van der Waals surface area (Å²) in [5, 5.41) is 3.09. The van der Waals surface area contributed by atoms with Gasteiger partial charge in [-0.3, -0.25) is 9.59 Å². The van der Waals surface area contributed by atoms with Crippen LogP contribution in [0.1, 0.15) is 52.1 Å². The van der Waals surface area contributed by atoms with Crippen molar-refractivity contribution in [2.75, 3.05) is 24.7 Å². The topological polar surface area (TPSA) is 102 Å². The molecule has 3 N–H and O–H groups in total. The Morgan fingerprint density at radius 3 is 2.51 bits per heavy atom. The van der Waals surface area contributed by atoms with E-state index in [0.29, 0.717) is 17.7 Å². The van der Waals surface area contributed by atoms with Gasteiger partial charge in [0.1, 0.15) is 12.9 Å². The number of carbonyl (C=O) groups excluding carboxylic acids is 1. The standard InChI is InChI=1S/C25H25F4N5O3/c1-3-20(14-4-6-15(7-5-14)25(27,28)29)31-24-32-21-10-11-33(13-18(21)23(36)34(24)37-2)22(35)17-9-8-16(30)12-19(17)26/h4-9,12,20H,3,10-11,13,30H2,1-2H3,(H,31,32). The third kappa shape index (κ3) is 5.23. The lowest BCUT2D eigenvalue weighted by Crippen LogP contribution is -2.42. The summed E-state index contributed by atoms with van der Waals surface area (Å²) in [6.07, 6.45) is -3.72. The number of nitrogens with one attached hydrogen (secondary N) is 1. The van der Waals surface area contributed by atoms with E-state index in [2.05, 4.69) is 10.3 Å². The van der Waals surface area contributed by atoms with Gasteiger partial charge in [0.15, 0.2) is 0 Å². The molecule has 1 amide bonds. The fourth-order valence-corrected chi connectivity index (χ4v) is 4.25. The van der Waals surface area contributed by atoms with Crippen LogP contribution in [0.4, 0.5) is 29.2 Å². The molecule has 4 rings (SSSR count). The number of fused-ring (bicyclic) bond motifs is 1. The summed E-state index contributed by atoms with van der Waals surface area (Å²) in [6.45, 7) is 1.95. The molecule has 0 bridgehead atoms. The van der Waals surface area contributed by atoms with Crippen LogP contribution in [0.2, 0.25) is 0 Å². The molecule has 1 aliphatic rings. The van der Waals surface area contributed by atoms with Crippen molar-refractivity contribution in [2.45, 2.75) is 38.5 Å². The van der Waals surface area contributed by atoms with Gasteiger partial charge in [-0.15, -0.1) is 4.73 Å². The quantitative estimate of drug-likeness (QED) is 0.380. The Labute approximate surface area is 209 Å². The number of alkyl halides is 3. The van der Waals surface area contributed by atoms with E-state index in [1.165, 1.54) is 36.3 Å². The third-order valence-corrected chi connectivity index (χ3v) is 6.24. The van der Waals surface area contributed by atoms with E-state index in [-0.39, 0.29) is 42.3 Å². The first-order valence-corrected chi connectivity index (χ1v) is 11.5. The van der Waals surface area contributed by atoms with Crippen molar-refractivity contribution in [3.05, 3.63) is 86.6 Å². The van der Waals surface area contributed by atoms with Crippen molar-refractivity contribution in [1.82, 2.24) is 14.6 Å². The molecule has 0 fully saturated rings. The number of carbonyl (C=O) groups is 1. The zero-order valence-electron chi connectivity index (χ0n) is 20.1. The summed E-state index contributed by atoms with van der Waals surface area (Å²) in [5.41, 5.74) is 5.54. The Morgan fingerprint density at radius 1 is 1.22 bits per heavy atom. The van der Waals surface area contributed by atoms with E-state index >= 15 is 0 Å². The number of rotatable bonds is 6. The highest BCUT2D eigenvalue weighted by Crippen LogP contribution is 2.31. The average molecular weight is 519 g/mol. The predicted molar refractivity (Wildman–Crippen MR) is 128 cm³/mol. The number of benzene rings is 2. The summed E-state index contributed by atoms with van der Waals surface area (Å²) in [4.78, 5) is 37.3. The summed E-state index contributed by atoms with van der Waals surface area (Å²) >= 11 is 0. The minimum absolute atomic E-state index is 0.0855. The highest BCUT2D eigenvalue weighted by molar-refractivity contribution is 5.95. The van der Waals surface area contributed by atoms with Crippen molar-refractivity contribution in [2.24, 2.45) is 0 Å². The van der Waals surface area contributed by atoms with Crippen molar-refractivity contribution < 1.29 is 27.2 Å². The molecule has 196 valence electrons. The van der Waals surface area contributed by atoms with Gasteiger partial charge in [-0.25, -0.2) is 9.37 Å². The zero-order chi connectivity index (χ0) is 26.9. The van der Waals surface area contributed by atoms with Gasteiger partial charge in [0.2, 0.25) is 5.95 Å². The zero-order valence-corrected chi connectivity index (χ0v) is 20.1. The molecule has 12 heteroatoms. The van der Waals surface area contributed by atoms with Gasteiger partial charge >= 0.3 is 6.18 Å². The monoisotopic (exact) mass is 519 g/mol. The number of hydrogen-bond donors (Lipinski definition) is 2. The van der Waals surface area contributed by atoms with E-state index < -0.39 is 35.1 Å². The molecule has 2 aromatic carbocycles. The number of amides is 1. The van der Waals surface area contributed by atoms with Crippen LogP contribution in [0.3, 0.4) is 0 Å². The number of halogens is 4. The maximum atomic E-state index is 14.3. The minimum Gasteiger partial charge on any atom is -0.411 e. The Kier molecular flexibility index (Phi) is 7.10. The summed E-state index contributed by atoms with van der Waals surface area (Å²) < 4.78 is 54.0. The van der Waals surface area contributed by atoms with Crippen molar-refractivity contribution >= 4 is 17.5 Å². The molecule has 0 saturated carbocycles. The first kappa shape index (κ1) is 26.0. The van der Waals surface area contributed by atoms with Crippen molar-refractivity contribution in [3.63, 3.8) is 0 Å². The Bertz CT molecular complexity index is 1370. The number of nitrogens with zero attached hydrogens (tertiary/aromatic N) is 3. The van der Waals surface area contributed by atoms with E-state index in [9.17, 15) is 27.2 Å². The van der Waals surface area contributed by atoms with Gasteiger partial charge in [0.25, 0.3) is 11.5 Å². The first-order valence-electron chi connectivity index (χ1n) is 11.5. The molecule has 1 aromatic heterocycles. The lowest BCUT2D eigenvalue weighted by molar-refractivity contribution is -0.137. The number of hydrogen-bond acceptors (Lipinski definition) is 6. The third-order valence-electron chi connectivity index (χ3n) is 6.24. The molecule has 8 nitrogen and oxygen atoms in total. The van der Waals surface area contributed by atoms with Crippen molar-refractivity contribution in [1.29, 1.82) is 0 Å². The molecule has 2 heterocycles. The number of nitrogen functional groups attached to an aromatic ring is 1. The Morgan fingerprint density at radius 2 is 1.92 bits per heavy atom. The Hall–Kier alpha value is -4.09. The SMILES string of the molecule is CCC(Nc1nc2c(c(=O)n1OC)CN(C(=O)c1ccc(N)cc1F)CC2)c1ccc(C(F)(F)F)cc1. The van der Waals surface area contributed by atoms with Crippen LogP contribution < -0.4 is 21.4 Å². The van der Waals surface area contributed by atoms with E-state index in [4.69, 9.17) is 10.6 Å². The molecular formula is C25H25F4N5O3. The smallest absolute Gasteiger partial charge is 0.411 e. The molecule has 0 radical (unpaired) electrons. The van der Waals surface area contributed by atoms with Crippen LogP contribution in [0, 0.1) is 5.82 Å². The average Bonchev–Trinajstić information content (AvgIpc) is 2.86. The number of nitrogens with two attached hydrogens (primary N) is 1. The van der Waals surface area contributed by atoms with Crippen LogP contribution in [0.5, 0.6) is 0 Å². The maximum absolute atomic E-state index is 14.3. The van der Waals surface area contributed by atoms with Crippen LogP contribution in [-0.4, -0.2) is 34.2 Å². The largest absolute Gasteiger partial charge is 0.416 e. The number of anilines is 2. The van der Waals surface area contributed by atoms with Gasteiger partial charge in [0, 0.05) is 18.7 Å². The minimum atomic E-state index is -4.45. The predicted octanol–water partition coefficient (Wildman–Crippen LogP) is 3.80. The molecule has 0 aliphatic carbocycles. The Balaban J connectivity index is 1.60. The van der Waals surface area contributed by atoms with Crippen LogP contribution in [0.25, 0.3) is 0 Å². The second-order valence-corrected chi connectivity index (χ2v) is 8.58. The van der Waals surface area contributed by atoms with Crippen LogP contribution in [0.15, 0.2) is 47.3 Å². The van der Waals surface area contributed by atoms with Gasteiger partial charge in [-0.1, -0.05) is 19.1 Å². The van der Waals surface area contributed by atoms with Crippen LogP contribution >= 0.6 is 0 Å². The number of aromatic nitrogens is 2. The van der Waals surface area contributed by atoms with Gasteiger partial charge < -0.3 is 20.8 Å². The van der Waals surface area contributed by atoms with Gasteiger partial charge in [0.05, 0.1) is 35.0 Å². The fourth-order valence-electron chi connectivity index (χ4n) is 4.25. The molecule has 37 heavy (non-hydrogen) atoms. The molecule has 0 spiro atoms. The fraction of sp³-hybridized carbons (Fsp3) is 0.320. The lowest BCUT2D eigenvalue weighted by atomic mass is 10.0. The van der Waals surface area contributed by atoms with Crippen LogP contribution in [-0.2, 0) is 19.1 Å². The van der Waals surface area contributed by atoms with Gasteiger partial charge in [-0.05, 0) is 42.3 Å². The molecule has 1 atom stereocenters. The van der Waals surface area contributed by atoms with E-state index in [0.717, 1.165) is 22.9 Å². The highest BCUT2D eigenvalue weighted by atomic mass is 19.4. The highest BCUT2D eigenvalue weighted by Gasteiger charge is 2.31. The van der Waals surface area contributed by atoms with Crippen molar-refractivity contribution in [3.8, 4) is 0 Å². The van der Waals surface area contributed by atoms with E-state index in [1.54, 1.807) is 0 Å². The normalized spacial score (nSPS) is 14.2. The summed E-state index contributed by atoms with van der Waals surface area (Å²) in [5.74, 6) is -1.25. The van der Waals surface area contributed by atoms with Gasteiger partial charge in [-0.2, -0.15) is 13.2 Å². The molecular weight excluding hydrogens is 494 g/mol. The molecule has 1 unspecified atom stereocenters. The first-order chi connectivity index (χ1) is 17.5. The summed E-state index contributed by atoms with van der Waals surface area (Å²) in [6, 6.07) is 8.07. The molecule has 0 saturated heterocycles. The second kappa shape index (κ2) is 10.1. The van der Waals surface area contributed by atoms with E-state index in [1.807, 2.05) is 6.92 Å².